The minimum absolute atomic E-state index is 0.105. The molecule has 22 heavy (non-hydrogen) atoms. The minimum atomic E-state index is -0.852. The average molecular weight is 380 g/mol. The Labute approximate surface area is 140 Å². The molecule has 2 atom stereocenters. The van der Waals surface area contributed by atoms with Crippen molar-refractivity contribution in [2.45, 2.75) is 5.92 Å². The molecule has 4 nitrogen and oxygen atoms in total. The lowest BCUT2D eigenvalue weighted by atomic mass is 9.89. The molecule has 1 N–H and O–H groups in total. The van der Waals surface area contributed by atoms with E-state index >= 15 is 0 Å². The highest BCUT2D eigenvalue weighted by molar-refractivity contribution is 9.10. The standard InChI is InChI=1S/C16H14BrNO3S/c17-13-6-7-22-14(13)15(19)18-8-11(12(9-18)16(20)21)10-4-2-1-3-5-10/h1-7,11-12H,8-9H2,(H,20,21)/t11-,12-/m1/s1. The van der Waals surface area contributed by atoms with Crippen molar-refractivity contribution in [3.05, 3.63) is 56.7 Å². The van der Waals surface area contributed by atoms with Gasteiger partial charge in [0.25, 0.3) is 5.91 Å². The summed E-state index contributed by atoms with van der Waals surface area (Å²) in [6, 6.07) is 11.4. The topological polar surface area (TPSA) is 57.6 Å². The Kier molecular flexibility index (Phi) is 4.31. The van der Waals surface area contributed by atoms with Crippen LogP contribution in [0.4, 0.5) is 0 Å². The van der Waals surface area contributed by atoms with Crippen LogP contribution in [0.2, 0.25) is 0 Å². The Morgan fingerprint density at radius 1 is 1.18 bits per heavy atom. The van der Waals surface area contributed by atoms with E-state index in [4.69, 9.17) is 0 Å². The van der Waals surface area contributed by atoms with Gasteiger partial charge in [0.05, 0.1) is 5.92 Å². The monoisotopic (exact) mass is 379 g/mol. The van der Waals surface area contributed by atoms with Crippen LogP contribution < -0.4 is 0 Å². The predicted molar refractivity (Wildman–Crippen MR) is 88.2 cm³/mol. The van der Waals surface area contributed by atoms with Gasteiger partial charge in [-0.15, -0.1) is 11.3 Å². The number of carbonyl (C=O) groups excluding carboxylic acids is 1. The van der Waals surface area contributed by atoms with Crippen LogP contribution in [0.5, 0.6) is 0 Å². The molecule has 0 radical (unpaired) electrons. The molecule has 1 fully saturated rings. The number of thiophene rings is 1. The maximum atomic E-state index is 12.6. The van der Waals surface area contributed by atoms with Crippen LogP contribution in [0.15, 0.2) is 46.3 Å². The smallest absolute Gasteiger partial charge is 0.308 e. The number of nitrogens with zero attached hydrogens (tertiary/aromatic N) is 1. The molecule has 0 unspecified atom stereocenters. The van der Waals surface area contributed by atoms with E-state index in [1.807, 2.05) is 41.8 Å². The van der Waals surface area contributed by atoms with E-state index < -0.39 is 11.9 Å². The SMILES string of the molecule is O=C(O)[C@@H]1CN(C(=O)c2sccc2Br)C[C@@H]1c1ccccc1. The Balaban J connectivity index is 1.86. The molecule has 0 bridgehead atoms. The van der Waals surface area contributed by atoms with Gasteiger partial charge < -0.3 is 10.0 Å². The maximum absolute atomic E-state index is 12.6. The van der Waals surface area contributed by atoms with Crippen molar-refractivity contribution in [2.24, 2.45) is 5.92 Å². The molecule has 1 aromatic carbocycles. The van der Waals surface area contributed by atoms with Crippen molar-refractivity contribution in [1.29, 1.82) is 0 Å². The number of carboxylic acid groups (broad SMARTS) is 1. The summed E-state index contributed by atoms with van der Waals surface area (Å²) in [5.41, 5.74) is 0.968. The number of hydrogen-bond acceptors (Lipinski definition) is 3. The van der Waals surface area contributed by atoms with Gasteiger partial charge in [-0.25, -0.2) is 0 Å². The molecule has 1 aromatic heterocycles. The first-order valence-electron chi connectivity index (χ1n) is 6.88. The lowest BCUT2D eigenvalue weighted by Crippen LogP contribution is -2.29. The van der Waals surface area contributed by atoms with Crippen LogP contribution in [-0.2, 0) is 4.79 Å². The van der Waals surface area contributed by atoms with Crippen LogP contribution in [-0.4, -0.2) is 35.0 Å². The Morgan fingerprint density at radius 3 is 2.50 bits per heavy atom. The van der Waals surface area contributed by atoms with Crippen molar-refractivity contribution in [2.75, 3.05) is 13.1 Å². The molecule has 1 amide bonds. The van der Waals surface area contributed by atoms with Crippen LogP contribution in [0.25, 0.3) is 0 Å². The zero-order valence-corrected chi connectivity index (χ0v) is 14.0. The van der Waals surface area contributed by atoms with Crippen LogP contribution in [0.1, 0.15) is 21.2 Å². The van der Waals surface area contributed by atoms with Crippen LogP contribution in [0, 0.1) is 5.92 Å². The van der Waals surface area contributed by atoms with E-state index in [9.17, 15) is 14.7 Å². The lowest BCUT2D eigenvalue weighted by molar-refractivity contribution is -0.141. The Morgan fingerprint density at radius 2 is 1.91 bits per heavy atom. The summed E-state index contributed by atoms with van der Waals surface area (Å²) in [5.74, 6) is -1.69. The molecule has 2 aromatic rings. The van der Waals surface area contributed by atoms with Gasteiger partial charge in [-0.3, -0.25) is 9.59 Å². The van der Waals surface area contributed by atoms with Crippen molar-refractivity contribution < 1.29 is 14.7 Å². The molecule has 6 heteroatoms. The van der Waals surface area contributed by atoms with E-state index in [0.717, 1.165) is 10.0 Å². The second kappa shape index (κ2) is 6.22. The zero-order valence-electron chi connectivity index (χ0n) is 11.6. The summed E-state index contributed by atoms with van der Waals surface area (Å²) in [5, 5.41) is 11.3. The summed E-state index contributed by atoms with van der Waals surface area (Å²) < 4.78 is 0.762. The summed E-state index contributed by atoms with van der Waals surface area (Å²) in [6.45, 7) is 0.683. The molecule has 1 aliphatic rings. The van der Waals surface area contributed by atoms with Gasteiger partial charge in [-0.1, -0.05) is 30.3 Å². The first kappa shape index (κ1) is 15.2. The number of likely N-dealkylation sites (tertiary alicyclic amines) is 1. The quantitative estimate of drug-likeness (QED) is 0.888. The van der Waals surface area contributed by atoms with Crippen LogP contribution >= 0.6 is 27.3 Å². The summed E-state index contributed by atoms with van der Waals surface area (Å²) in [7, 11) is 0. The fourth-order valence-electron chi connectivity index (χ4n) is 2.85. The molecular formula is C16H14BrNO3S. The highest BCUT2D eigenvalue weighted by Gasteiger charge is 2.41. The van der Waals surface area contributed by atoms with Gasteiger partial charge >= 0.3 is 5.97 Å². The second-order valence-electron chi connectivity index (χ2n) is 5.27. The van der Waals surface area contributed by atoms with Gasteiger partial charge in [0, 0.05) is 23.5 Å². The average Bonchev–Trinajstić information content (AvgIpc) is 3.14. The largest absolute Gasteiger partial charge is 0.481 e. The molecule has 3 rings (SSSR count). The molecule has 0 saturated carbocycles. The highest BCUT2D eigenvalue weighted by Crippen LogP contribution is 2.35. The van der Waals surface area contributed by atoms with E-state index in [-0.39, 0.29) is 18.4 Å². The summed E-state index contributed by atoms with van der Waals surface area (Å²) >= 11 is 4.73. The van der Waals surface area contributed by atoms with E-state index in [0.29, 0.717) is 11.4 Å². The number of benzene rings is 1. The number of carbonyl (C=O) groups is 2. The normalized spacial score (nSPS) is 21.0. The third-order valence-corrected chi connectivity index (χ3v) is 5.79. The predicted octanol–water partition coefficient (Wildman–Crippen LogP) is 3.45. The molecule has 0 aliphatic carbocycles. The molecule has 2 heterocycles. The van der Waals surface area contributed by atoms with E-state index in [2.05, 4.69) is 15.9 Å². The van der Waals surface area contributed by atoms with Gasteiger partial charge in [-0.2, -0.15) is 0 Å². The third kappa shape index (κ3) is 2.80. The number of aliphatic carboxylic acids is 1. The fraction of sp³-hybridized carbons (Fsp3) is 0.250. The van der Waals surface area contributed by atoms with Crippen molar-refractivity contribution in [3.63, 3.8) is 0 Å². The molecule has 114 valence electrons. The van der Waals surface area contributed by atoms with Gasteiger partial charge in [0.15, 0.2) is 0 Å². The van der Waals surface area contributed by atoms with Crippen molar-refractivity contribution >= 4 is 39.1 Å². The summed E-state index contributed by atoms with van der Waals surface area (Å²) in [4.78, 5) is 26.4. The molecule has 1 saturated heterocycles. The first-order chi connectivity index (χ1) is 10.6. The number of rotatable bonds is 3. The molecule has 1 aliphatic heterocycles. The fourth-order valence-corrected chi connectivity index (χ4v) is 4.36. The number of carboxylic acids is 1. The maximum Gasteiger partial charge on any atom is 0.308 e. The lowest BCUT2D eigenvalue weighted by Gasteiger charge is -2.16. The Hall–Kier alpha value is -1.66. The number of hydrogen-bond donors (Lipinski definition) is 1. The van der Waals surface area contributed by atoms with Crippen molar-refractivity contribution in [3.8, 4) is 0 Å². The Bertz CT molecular complexity index is 700. The molecule has 0 spiro atoms. The van der Waals surface area contributed by atoms with Gasteiger partial charge in [0.2, 0.25) is 0 Å². The van der Waals surface area contributed by atoms with Gasteiger partial charge in [-0.05, 0) is 32.9 Å². The minimum Gasteiger partial charge on any atom is -0.481 e. The summed E-state index contributed by atoms with van der Waals surface area (Å²) in [6.07, 6.45) is 0. The van der Waals surface area contributed by atoms with Crippen LogP contribution in [0.3, 0.4) is 0 Å². The number of halogens is 1. The second-order valence-corrected chi connectivity index (χ2v) is 7.04. The highest BCUT2D eigenvalue weighted by atomic mass is 79.9. The van der Waals surface area contributed by atoms with Crippen molar-refractivity contribution in [1.82, 2.24) is 4.90 Å². The molecular weight excluding hydrogens is 366 g/mol. The zero-order chi connectivity index (χ0) is 15.7. The number of amides is 1. The van der Waals surface area contributed by atoms with E-state index in [1.165, 1.54) is 11.3 Å². The van der Waals surface area contributed by atoms with Gasteiger partial charge in [0.1, 0.15) is 4.88 Å². The third-order valence-electron chi connectivity index (χ3n) is 3.96. The first-order valence-corrected chi connectivity index (χ1v) is 8.55. The van der Waals surface area contributed by atoms with E-state index in [1.54, 1.807) is 4.90 Å².